The van der Waals surface area contributed by atoms with Crippen LogP contribution in [0.3, 0.4) is 0 Å². The van der Waals surface area contributed by atoms with Gasteiger partial charge in [0, 0.05) is 18.3 Å². The summed E-state index contributed by atoms with van der Waals surface area (Å²) < 4.78 is 11.9. The Bertz CT molecular complexity index is 692. The van der Waals surface area contributed by atoms with Crippen molar-refractivity contribution < 1.29 is 19.1 Å². The highest BCUT2D eigenvalue weighted by atomic mass is 16.6. The number of ether oxygens (including phenoxy) is 2. The number of hydrogen-bond acceptors (Lipinski definition) is 5. The Kier molecular flexibility index (Phi) is 2.93. The second-order valence-electron chi connectivity index (χ2n) is 4.90. The van der Waals surface area contributed by atoms with Crippen LogP contribution in [0.2, 0.25) is 0 Å². The van der Waals surface area contributed by atoms with Gasteiger partial charge in [0.25, 0.3) is 0 Å². The first-order chi connectivity index (χ1) is 9.54. The normalized spacial score (nSPS) is 22.0. The Labute approximate surface area is 115 Å². The van der Waals surface area contributed by atoms with Gasteiger partial charge < -0.3 is 13.9 Å². The molecular weight excluding hydrogens is 260 g/mol. The minimum Gasteiger partial charge on any atom is -0.460 e. The van der Waals surface area contributed by atoms with Crippen molar-refractivity contribution in [3.8, 4) is 0 Å². The van der Waals surface area contributed by atoms with E-state index in [0.717, 1.165) is 5.69 Å². The number of aryl methyl sites for hydroxylation is 1. The number of fused-ring (bicyclic) bond motifs is 1. The monoisotopic (exact) mass is 274 g/mol. The van der Waals surface area contributed by atoms with Crippen molar-refractivity contribution in [2.24, 2.45) is 0 Å². The van der Waals surface area contributed by atoms with E-state index in [0.29, 0.717) is 12.1 Å². The number of esters is 2. The van der Waals surface area contributed by atoms with Gasteiger partial charge >= 0.3 is 11.9 Å². The molecule has 20 heavy (non-hydrogen) atoms. The molecule has 0 bridgehead atoms. The molecule has 0 N–H and O–H groups in total. The maximum atomic E-state index is 12.0. The highest BCUT2D eigenvalue weighted by Gasteiger charge is 2.35. The van der Waals surface area contributed by atoms with E-state index in [1.807, 2.05) is 19.1 Å². The molecule has 1 aliphatic heterocycles. The van der Waals surface area contributed by atoms with Crippen molar-refractivity contribution in [2.75, 3.05) is 0 Å². The van der Waals surface area contributed by atoms with Crippen molar-refractivity contribution in [3.63, 3.8) is 0 Å². The third kappa shape index (κ3) is 2.13. The number of hydrogen-bond donors (Lipinski definition) is 0. The Morgan fingerprint density at radius 3 is 2.95 bits per heavy atom. The Hall–Kier alpha value is -2.37. The molecule has 0 aliphatic carbocycles. The number of nitrogens with zero attached hydrogens (tertiary/aromatic N) is 2. The number of cyclic esters (lactones) is 1. The molecule has 0 spiro atoms. The van der Waals surface area contributed by atoms with Crippen LogP contribution in [0.25, 0.3) is 5.65 Å². The first-order valence-corrected chi connectivity index (χ1v) is 6.41. The highest BCUT2D eigenvalue weighted by molar-refractivity contribution is 5.90. The van der Waals surface area contributed by atoms with Gasteiger partial charge in [-0.05, 0) is 26.0 Å². The van der Waals surface area contributed by atoms with Gasteiger partial charge in [-0.25, -0.2) is 14.6 Å². The van der Waals surface area contributed by atoms with E-state index in [9.17, 15) is 9.59 Å². The molecule has 0 saturated carbocycles. The molecule has 1 aliphatic rings. The fourth-order valence-electron chi connectivity index (χ4n) is 2.25. The average molecular weight is 274 g/mol. The number of carbonyl (C=O) groups excluding carboxylic acids is 2. The van der Waals surface area contributed by atoms with Crippen molar-refractivity contribution in [1.82, 2.24) is 9.38 Å². The summed E-state index contributed by atoms with van der Waals surface area (Å²) in [4.78, 5) is 27.7. The van der Waals surface area contributed by atoms with E-state index in [1.165, 1.54) is 0 Å². The quantitative estimate of drug-likeness (QED) is 0.776. The van der Waals surface area contributed by atoms with Gasteiger partial charge in [0.2, 0.25) is 6.10 Å². The molecule has 2 aromatic heterocycles. The Morgan fingerprint density at radius 2 is 2.30 bits per heavy atom. The first kappa shape index (κ1) is 12.7. The standard InChI is InChI=1S/C14H14N2O4/c1-8-4-3-5-12-15-10(7-16(8)12)13(17)20-11-6-9(2)19-14(11)18/h3-5,7,9,11H,6H2,1-2H3. The largest absolute Gasteiger partial charge is 0.460 e. The lowest BCUT2D eigenvalue weighted by Crippen LogP contribution is -2.22. The summed E-state index contributed by atoms with van der Waals surface area (Å²) in [5.74, 6) is -1.10. The summed E-state index contributed by atoms with van der Waals surface area (Å²) in [5.41, 5.74) is 1.81. The second-order valence-corrected chi connectivity index (χ2v) is 4.90. The summed E-state index contributed by atoms with van der Waals surface area (Å²) in [5, 5.41) is 0. The zero-order valence-corrected chi connectivity index (χ0v) is 11.2. The lowest BCUT2D eigenvalue weighted by molar-refractivity contribution is -0.147. The summed E-state index contributed by atoms with van der Waals surface area (Å²) in [6.45, 7) is 3.68. The summed E-state index contributed by atoms with van der Waals surface area (Å²) >= 11 is 0. The summed E-state index contributed by atoms with van der Waals surface area (Å²) in [6, 6.07) is 5.58. The van der Waals surface area contributed by atoms with Crippen molar-refractivity contribution in [3.05, 3.63) is 35.8 Å². The average Bonchev–Trinajstić information content (AvgIpc) is 2.94. The van der Waals surface area contributed by atoms with Gasteiger partial charge in [-0.15, -0.1) is 0 Å². The van der Waals surface area contributed by atoms with Crippen LogP contribution >= 0.6 is 0 Å². The lowest BCUT2D eigenvalue weighted by atomic mass is 10.2. The van der Waals surface area contributed by atoms with Crippen molar-refractivity contribution >= 4 is 17.6 Å². The highest BCUT2D eigenvalue weighted by Crippen LogP contribution is 2.19. The molecule has 0 amide bonds. The molecule has 0 radical (unpaired) electrons. The van der Waals surface area contributed by atoms with Crippen molar-refractivity contribution in [2.45, 2.75) is 32.5 Å². The minimum absolute atomic E-state index is 0.187. The van der Waals surface area contributed by atoms with Crippen LogP contribution in [0, 0.1) is 6.92 Å². The van der Waals surface area contributed by atoms with Crippen LogP contribution in [0.4, 0.5) is 0 Å². The van der Waals surface area contributed by atoms with E-state index < -0.39 is 18.0 Å². The van der Waals surface area contributed by atoms with E-state index in [4.69, 9.17) is 9.47 Å². The predicted octanol–water partition coefficient (Wildman–Crippen LogP) is 1.50. The molecular formula is C14H14N2O4. The van der Waals surface area contributed by atoms with Gasteiger partial charge in [0.1, 0.15) is 11.8 Å². The van der Waals surface area contributed by atoms with Gasteiger partial charge in [0.15, 0.2) is 5.69 Å². The number of imidazole rings is 1. The fraction of sp³-hybridized carbons (Fsp3) is 0.357. The molecule has 104 valence electrons. The van der Waals surface area contributed by atoms with E-state index in [1.54, 1.807) is 23.6 Å². The topological polar surface area (TPSA) is 69.9 Å². The molecule has 0 aromatic carbocycles. The van der Waals surface area contributed by atoms with Crippen LogP contribution in [-0.2, 0) is 14.3 Å². The molecule has 1 saturated heterocycles. The molecule has 6 nitrogen and oxygen atoms in total. The molecule has 6 heteroatoms. The maximum Gasteiger partial charge on any atom is 0.359 e. The zero-order valence-electron chi connectivity index (χ0n) is 11.2. The van der Waals surface area contributed by atoms with Gasteiger partial charge in [-0.2, -0.15) is 0 Å². The Balaban J connectivity index is 1.82. The van der Waals surface area contributed by atoms with E-state index in [-0.39, 0.29) is 11.8 Å². The zero-order chi connectivity index (χ0) is 14.3. The molecule has 3 rings (SSSR count). The lowest BCUT2D eigenvalue weighted by Gasteiger charge is -2.05. The molecule has 1 fully saturated rings. The number of rotatable bonds is 2. The van der Waals surface area contributed by atoms with Gasteiger partial charge in [0.05, 0.1) is 0 Å². The second kappa shape index (κ2) is 4.63. The van der Waals surface area contributed by atoms with Crippen LogP contribution in [0.1, 0.15) is 29.5 Å². The molecule has 2 unspecified atom stereocenters. The van der Waals surface area contributed by atoms with Crippen LogP contribution < -0.4 is 0 Å². The molecule has 2 atom stereocenters. The summed E-state index contributed by atoms with van der Waals surface area (Å²) in [7, 11) is 0. The van der Waals surface area contributed by atoms with Crippen molar-refractivity contribution in [1.29, 1.82) is 0 Å². The Morgan fingerprint density at radius 1 is 1.50 bits per heavy atom. The number of aromatic nitrogens is 2. The smallest absolute Gasteiger partial charge is 0.359 e. The fourth-order valence-corrected chi connectivity index (χ4v) is 2.25. The SMILES string of the molecule is Cc1cccc2nc(C(=O)OC3CC(C)OC3=O)cn12. The predicted molar refractivity (Wildman–Crippen MR) is 69.3 cm³/mol. The first-order valence-electron chi connectivity index (χ1n) is 6.41. The van der Waals surface area contributed by atoms with Crippen LogP contribution in [0.5, 0.6) is 0 Å². The van der Waals surface area contributed by atoms with Crippen LogP contribution in [0.15, 0.2) is 24.4 Å². The third-order valence-corrected chi connectivity index (χ3v) is 3.28. The number of carbonyl (C=O) groups is 2. The number of pyridine rings is 1. The van der Waals surface area contributed by atoms with Gasteiger partial charge in [-0.3, -0.25) is 0 Å². The third-order valence-electron chi connectivity index (χ3n) is 3.28. The maximum absolute atomic E-state index is 12.0. The summed E-state index contributed by atoms with van der Waals surface area (Å²) in [6.07, 6.45) is 0.945. The van der Waals surface area contributed by atoms with E-state index >= 15 is 0 Å². The van der Waals surface area contributed by atoms with E-state index in [2.05, 4.69) is 4.98 Å². The molecule has 2 aromatic rings. The van der Waals surface area contributed by atoms with Gasteiger partial charge in [-0.1, -0.05) is 6.07 Å². The molecule has 3 heterocycles. The van der Waals surface area contributed by atoms with Crippen LogP contribution in [-0.4, -0.2) is 33.5 Å². The minimum atomic E-state index is -0.830.